The lowest BCUT2D eigenvalue weighted by molar-refractivity contribution is -0.137. The number of hydrogen-bond acceptors (Lipinski definition) is 2. The molecule has 0 aromatic heterocycles. The fourth-order valence-electron chi connectivity index (χ4n) is 1.27. The van der Waals surface area contributed by atoms with Gasteiger partial charge >= 0.3 is 6.18 Å². The zero-order chi connectivity index (χ0) is 13.8. The second-order valence-corrected chi connectivity index (χ2v) is 4.40. The quantitative estimate of drug-likeness (QED) is 0.893. The molecule has 0 unspecified atom stereocenters. The van der Waals surface area contributed by atoms with Gasteiger partial charge in [0.1, 0.15) is 0 Å². The number of alkyl halides is 3. The van der Waals surface area contributed by atoms with Crippen LogP contribution in [0, 0.1) is 0 Å². The number of hydrogen-bond donors (Lipinski definition) is 2. The summed E-state index contributed by atoms with van der Waals surface area (Å²) in [7, 11) is 1.52. The molecular formula is C11H12BrF3N2O. The molecule has 0 fully saturated rings. The van der Waals surface area contributed by atoms with Crippen molar-refractivity contribution in [3.63, 3.8) is 0 Å². The summed E-state index contributed by atoms with van der Waals surface area (Å²) < 4.78 is 37.5. The smallest absolute Gasteiger partial charge is 0.384 e. The van der Waals surface area contributed by atoms with Crippen LogP contribution < -0.4 is 10.6 Å². The Morgan fingerprint density at radius 2 is 2.06 bits per heavy atom. The highest BCUT2D eigenvalue weighted by atomic mass is 79.9. The fraction of sp³-hybridized carbons (Fsp3) is 0.364. The summed E-state index contributed by atoms with van der Waals surface area (Å²) in [5, 5.41) is 5.34. The molecule has 0 aliphatic carbocycles. The third-order valence-electron chi connectivity index (χ3n) is 2.24. The van der Waals surface area contributed by atoms with E-state index in [2.05, 4.69) is 26.6 Å². The summed E-state index contributed by atoms with van der Waals surface area (Å²) >= 11 is 3.06. The van der Waals surface area contributed by atoms with E-state index in [-0.39, 0.29) is 12.3 Å². The average Bonchev–Trinajstić information content (AvgIpc) is 2.29. The minimum Gasteiger partial charge on any atom is -0.384 e. The Morgan fingerprint density at radius 3 is 2.56 bits per heavy atom. The van der Waals surface area contributed by atoms with Crippen LogP contribution in [0.15, 0.2) is 22.7 Å². The Morgan fingerprint density at radius 1 is 1.39 bits per heavy atom. The second kappa shape index (κ2) is 6.08. The lowest BCUT2D eigenvalue weighted by Gasteiger charge is -2.11. The van der Waals surface area contributed by atoms with Gasteiger partial charge in [0, 0.05) is 30.2 Å². The largest absolute Gasteiger partial charge is 0.416 e. The molecular weight excluding hydrogens is 313 g/mol. The van der Waals surface area contributed by atoms with Crippen LogP contribution in [-0.4, -0.2) is 19.5 Å². The van der Waals surface area contributed by atoms with Crippen LogP contribution in [0.4, 0.5) is 18.9 Å². The van der Waals surface area contributed by atoms with Crippen molar-refractivity contribution in [2.24, 2.45) is 0 Å². The first-order valence-corrected chi connectivity index (χ1v) is 5.95. The van der Waals surface area contributed by atoms with Crippen LogP contribution in [0.25, 0.3) is 0 Å². The highest BCUT2D eigenvalue weighted by Crippen LogP contribution is 2.33. The molecule has 0 spiro atoms. The number of carbonyl (C=O) groups excluding carboxylic acids is 1. The molecule has 0 saturated heterocycles. The van der Waals surface area contributed by atoms with E-state index in [1.165, 1.54) is 13.1 Å². The van der Waals surface area contributed by atoms with Gasteiger partial charge in [-0.15, -0.1) is 0 Å². The minimum atomic E-state index is -4.36. The highest BCUT2D eigenvalue weighted by molar-refractivity contribution is 9.10. The lowest BCUT2D eigenvalue weighted by atomic mass is 10.2. The normalized spacial score (nSPS) is 11.2. The maximum atomic E-state index is 12.4. The minimum absolute atomic E-state index is 0.134. The van der Waals surface area contributed by atoms with E-state index in [4.69, 9.17) is 0 Å². The highest BCUT2D eigenvalue weighted by Gasteiger charge is 2.30. The Hall–Kier alpha value is -1.24. The summed E-state index contributed by atoms with van der Waals surface area (Å²) in [6, 6.07) is 3.33. The molecule has 2 N–H and O–H groups in total. The molecule has 7 heteroatoms. The summed E-state index contributed by atoms with van der Waals surface area (Å²) in [5.41, 5.74) is -0.196. The monoisotopic (exact) mass is 324 g/mol. The fourth-order valence-corrected chi connectivity index (χ4v) is 1.79. The Labute approximate surface area is 111 Å². The standard InChI is InChI=1S/C11H12BrF3N2O/c1-16-10(18)4-5-17-9-3-2-7(6-8(9)12)11(13,14)15/h2-3,6,17H,4-5H2,1H3,(H,16,18). The molecule has 0 bridgehead atoms. The number of amides is 1. The molecule has 3 nitrogen and oxygen atoms in total. The van der Waals surface area contributed by atoms with Crippen LogP contribution in [0.1, 0.15) is 12.0 Å². The third-order valence-corrected chi connectivity index (χ3v) is 2.90. The van der Waals surface area contributed by atoms with E-state index in [0.717, 1.165) is 12.1 Å². The summed E-state index contributed by atoms with van der Waals surface area (Å²) in [6.07, 6.45) is -4.10. The maximum Gasteiger partial charge on any atom is 0.416 e. The zero-order valence-corrected chi connectivity index (χ0v) is 11.2. The summed E-state index contributed by atoms with van der Waals surface area (Å²) in [5.74, 6) is -0.134. The van der Waals surface area contributed by atoms with Crippen molar-refractivity contribution in [3.05, 3.63) is 28.2 Å². The third kappa shape index (κ3) is 4.21. The van der Waals surface area contributed by atoms with Crippen LogP contribution in [-0.2, 0) is 11.0 Å². The zero-order valence-electron chi connectivity index (χ0n) is 9.57. The van der Waals surface area contributed by atoms with Gasteiger partial charge in [0.2, 0.25) is 5.91 Å². The molecule has 1 rings (SSSR count). The van der Waals surface area contributed by atoms with Crippen LogP contribution in [0.2, 0.25) is 0 Å². The van der Waals surface area contributed by atoms with Gasteiger partial charge < -0.3 is 10.6 Å². The van der Waals surface area contributed by atoms with Gasteiger partial charge in [-0.2, -0.15) is 13.2 Å². The van der Waals surface area contributed by atoms with Crippen LogP contribution in [0.3, 0.4) is 0 Å². The van der Waals surface area contributed by atoms with Gasteiger partial charge in [-0.25, -0.2) is 0 Å². The first-order valence-electron chi connectivity index (χ1n) is 5.16. The maximum absolute atomic E-state index is 12.4. The molecule has 1 aromatic rings. The summed E-state index contributed by atoms with van der Waals surface area (Å²) in [6.45, 7) is 0.351. The van der Waals surface area contributed by atoms with Gasteiger partial charge in [-0.1, -0.05) is 0 Å². The van der Waals surface area contributed by atoms with E-state index in [0.29, 0.717) is 16.7 Å². The van der Waals surface area contributed by atoms with Crippen molar-refractivity contribution in [1.82, 2.24) is 5.32 Å². The molecule has 18 heavy (non-hydrogen) atoms. The van der Waals surface area contributed by atoms with Crippen molar-refractivity contribution in [1.29, 1.82) is 0 Å². The van der Waals surface area contributed by atoms with E-state index in [1.807, 2.05) is 0 Å². The second-order valence-electron chi connectivity index (χ2n) is 3.54. The summed E-state index contributed by atoms with van der Waals surface area (Å²) in [4.78, 5) is 11.0. The van der Waals surface area contributed by atoms with E-state index in [1.54, 1.807) is 0 Å². The van der Waals surface area contributed by atoms with Crippen molar-refractivity contribution in [3.8, 4) is 0 Å². The molecule has 0 aliphatic rings. The predicted octanol–water partition coefficient (Wildman–Crippen LogP) is 3.02. The van der Waals surface area contributed by atoms with Crippen molar-refractivity contribution < 1.29 is 18.0 Å². The first kappa shape index (κ1) is 14.8. The number of nitrogens with one attached hydrogen (secondary N) is 2. The topological polar surface area (TPSA) is 41.1 Å². The lowest BCUT2D eigenvalue weighted by Crippen LogP contribution is -2.20. The molecule has 0 saturated carbocycles. The van der Waals surface area contributed by atoms with E-state index >= 15 is 0 Å². The molecule has 1 amide bonds. The van der Waals surface area contributed by atoms with Crippen LogP contribution in [0.5, 0.6) is 0 Å². The SMILES string of the molecule is CNC(=O)CCNc1ccc(C(F)(F)F)cc1Br. The first-order chi connectivity index (χ1) is 8.34. The van der Waals surface area contributed by atoms with E-state index < -0.39 is 11.7 Å². The molecule has 0 aliphatic heterocycles. The molecule has 0 atom stereocenters. The average molecular weight is 325 g/mol. The number of halogens is 4. The molecule has 1 aromatic carbocycles. The molecule has 100 valence electrons. The van der Waals surface area contributed by atoms with Crippen molar-refractivity contribution in [2.75, 3.05) is 18.9 Å². The number of benzene rings is 1. The van der Waals surface area contributed by atoms with Gasteiger partial charge in [0.05, 0.1) is 5.56 Å². The number of anilines is 1. The number of carbonyl (C=O) groups is 1. The van der Waals surface area contributed by atoms with Gasteiger partial charge in [0.15, 0.2) is 0 Å². The van der Waals surface area contributed by atoms with Gasteiger partial charge in [0.25, 0.3) is 0 Å². The van der Waals surface area contributed by atoms with Crippen molar-refractivity contribution in [2.45, 2.75) is 12.6 Å². The number of rotatable bonds is 4. The van der Waals surface area contributed by atoms with Gasteiger partial charge in [-0.3, -0.25) is 4.79 Å². The Kier molecular flexibility index (Phi) is 5.01. The predicted molar refractivity (Wildman–Crippen MR) is 66.3 cm³/mol. The van der Waals surface area contributed by atoms with Gasteiger partial charge in [-0.05, 0) is 34.1 Å². The Balaban J connectivity index is 2.66. The van der Waals surface area contributed by atoms with E-state index in [9.17, 15) is 18.0 Å². The van der Waals surface area contributed by atoms with Crippen molar-refractivity contribution >= 4 is 27.5 Å². The van der Waals surface area contributed by atoms with Crippen LogP contribution >= 0.6 is 15.9 Å². The molecule has 0 radical (unpaired) electrons. The molecule has 0 heterocycles. The Bertz CT molecular complexity index is 435.